The van der Waals surface area contributed by atoms with Crippen molar-refractivity contribution < 1.29 is 13.9 Å². The number of benzene rings is 1. The predicted octanol–water partition coefficient (Wildman–Crippen LogP) is 3.15. The van der Waals surface area contributed by atoms with Gasteiger partial charge in [0.25, 0.3) is 5.91 Å². The molecule has 0 spiro atoms. The predicted molar refractivity (Wildman–Crippen MR) is 88.2 cm³/mol. The van der Waals surface area contributed by atoms with E-state index in [4.69, 9.17) is 20.8 Å². The van der Waals surface area contributed by atoms with Crippen molar-refractivity contribution in [2.24, 2.45) is 0 Å². The quantitative estimate of drug-likeness (QED) is 0.808. The van der Waals surface area contributed by atoms with Gasteiger partial charge in [0.1, 0.15) is 11.3 Å². The van der Waals surface area contributed by atoms with Crippen LogP contribution in [0, 0.1) is 6.92 Å². The highest BCUT2D eigenvalue weighted by Crippen LogP contribution is 2.31. The van der Waals surface area contributed by atoms with Crippen LogP contribution in [-0.4, -0.2) is 30.5 Å². The number of amides is 1. The molecular weight excluding hydrogens is 318 g/mol. The molecule has 1 fully saturated rings. The molecule has 6 heteroatoms. The van der Waals surface area contributed by atoms with Crippen LogP contribution in [0.1, 0.15) is 24.8 Å². The van der Waals surface area contributed by atoms with Gasteiger partial charge in [0.15, 0.2) is 6.61 Å². The minimum absolute atomic E-state index is 0.0495. The van der Waals surface area contributed by atoms with E-state index in [0.29, 0.717) is 16.4 Å². The van der Waals surface area contributed by atoms with E-state index in [1.165, 1.54) is 12.5 Å². The Balaban J connectivity index is 1.78. The monoisotopic (exact) mass is 335 g/mol. The number of halogens is 1. The average Bonchev–Trinajstić information content (AvgIpc) is 2.54. The summed E-state index contributed by atoms with van der Waals surface area (Å²) in [5, 5.41) is 1.14. The van der Waals surface area contributed by atoms with Crippen LogP contribution in [0.2, 0.25) is 5.02 Å². The van der Waals surface area contributed by atoms with Crippen LogP contribution in [0.3, 0.4) is 0 Å². The Morgan fingerprint density at radius 3 is 2.74 bits per heavy atom. The second-order valence-electron chi connectivity index (χ2n) is 5.76. The topological polar surface area (TPSA) is 59.8 Å². The maximum Gasteiger partial charge on any atom is 0.336 e. The van der Waals surface area contributed by atoms with Crippen LogP contribution in [-0.2, 0) is 4.79 Å². The lowest BCUT2D eigenvalue weighted by Crippen LogP contribution is -2.38. The fraction of sp³-hybridized carbons (Fsp3) is 0.412. The van der Waals surface area contributed by atoms with Crippen LogP contribution in [0.25, 0.3) is 11.0 Å². The number of hydrogen-bond acceptors (Lipinski definition) is 4. The van der Waals surface area contributed by atoms with Gasteiger partial charge >= 0.3 is 5.63 Å². The Kier molecular flexibility index (Phi) is 4.57. The van der Waals surface area contributed by atoms with Gasteiger partial charge < -0.3 is 14.1 Å². The molecule has 1 aromatic carbocycles. The average molecular weight is 336 g/mol. The van der Waals surface area contributed by atoms with E-state index in [9.17, 15) is 9.59 Å². The Bertz CT molecular complexity index is 793. The molecule has 5 nitrogen and oxygen atoms in total. The fourth-order valence-electron chi connectivity index (χ4n) is 2.80. The molecule has 122 valence electrons. The first-order valence-corrected chi connectivity index (χ1v) is 8.07. The van der Waals surface area contributed by atoms with Crippen LogP contribution >= 0.6 is 11.6 Å². The van der Waals surface area contributed by atoms with E-state index < -0.39 is 5.63 Å². The van der Waals surface area contributed by atoms with Gasteiger partial charge in [-0.25, -0.2) is 4.79 Å². The van der Waals surface area contributed by atoms with Gasteiger partial charge in [-0.15, -0.1) is 0 Å². The Morgan fingerprint density at radius 1 is 1.26 bits per heavy atom. The van der Waals surface area contributed by atoms with Crippen molar-refractivity contribution in [2.45, 2.75) is 26.2 Å². The molecule has 1 saturated heterocycles. The summed E-state index contributed by atoms with van der Waals surface area (Å²) in [5.41, 5.74) is 0.765. The number of piperidine rings is 1. The van der Waals surface area contributed by atoms with Gasteiger partial charge in [0, 0.05) is 30.6 Å². The van der Waals surface area contributed by atoms with Crippen molar-refractivity contribution in [3.8, 4) is 5.75 Å². The SMILES string of the molecule is Cc1cc(=O)oc2cc(OCC(=O)N3CCCCC3)c(Cl)cc12. The first-order valence-electron chi connectivity index (χ1n) is 7.69. The molecule has 0 saturated carbocycles. The van der Waals surface area contributed by atoms with E-state index in [-0.39, 0.29) is 12.5 Å². The minimum atomic E-state index is -0.423. The first-order chi connectivity index (χ1) is 11.0. The maximum atomic E-state index is 12.1. The molecule has 23 heavy (non-hydrogen) atoms. The minimum Gasteiger partial charge on any atom is -0.482 e. The number of aryl methyl sites for hydroxylation is 1. The highest BCUT2D eigenvalue weighted by molar-refractivity contribution is 6.32. The zero-order valence-electron chi connectivity index (χ0n) is 12.9. The summed E-state index contributed by atoms with van der Waals surface area (Å²) < 4.78 is 10.7. The summed E-state index contributed by atoms with van der Waals surface area (Å²) in [7, 11) is 0. The molecule has 3 rings (SSSR count). The normalized spacial score (nSPS) is 15.0. The third kappa shape index (κ3) is 3.50. The van der Waals surface area contributed by atoms with E-state index >= 15 is 0 Å². The van der Waals surface area contributed by atoms with Crippen molar-refractivity contribution in [3.05, 3.63) is 39.2 Å². The third-order valence-corrected chi connectivity index (χ3v) is 4.36. The zero-order chi connectivity index (χ0) is 16.4. The largest absolute Gasteiger partial charge is 0.482 e. The molecule has 1 amide bonds. The molecule has 0 atom stereocenters. The Labute approximate surface area is 138 Å². The molecule has 0 N–H and O–H groups in total. The first kappa shape index (κ1) is 15.9. The number of carbonyl (C=O) groups excluding carboxylic acids is 1. The smallest absolute Gasteiger partial charge is 0.336 e. The molecular formula is C17H18ClNO4. The van der Waals surface area contributed by atoms with Crippen LogP contribution < -0.4 is 10.4 Å². The van der Waals surface area contributed by atoms with Gasteiger partial charge in [0.05, 0.1) is 5.02 Å². The number of rotatable bonds is 3. The molecule has 0 radical (unpaired) electrons. The second kappa shape index (κ2) is 6.62. The number of hydrogen-bond donors (Lipinski definition) is 0. The number of nitrogens with zero attached hydrogens (tertiary/aromatic N) is 1. The molecule has 2 aromatic rings. The second-order valence-corrected chi connectivity index (χ2v) is 6.16. The summed E-state index contributed by atoms with van der Waals surface area (Å²) in [4.78, 5) is 25.4. The standard InChI is InChI=1S/C17H18ClNO4/c1-11-7-17(21)23-14-9-15(13(18)8-12(11)14)22-10-16(20)19-5-3-2-4-6-19/h7-9H,2-6,10H2,1H3. The third-order valence-electron chi connectivity index (χ3n) is 4.06. The highest BCUT2D eigenvalue weighted by atomic mass is 35.5. The number of ether oxygens (including phenoxy) is 1. The number of fused-ring (bicyclic) bond motifs is 1. The molecule has 1 aromatic heterocycles. The van der Waals surface area contributed by atoms with Gasteiger partial charge in [-0.1, -0.05) is 11.6 Å². The summed E-state index contributed by atoms with van der Waals surface area (Å²) in [6, 6.07) is 4.67. The van der Waals surface area contributed by atoms with Crippen molar-refractivity contribution in [3.63, 3.8) is 0 Å². The lowest BCUT2D eigenvalue weighted by Gasteiger charge is -2.26. The molecule has 0 aliphatic carbocycles. The highest BCUT2D eigenvalue weighted by Gasteiger charge is 2.18. The van der Waals surface area contributed by atoms with E-state index in [2.05, 4.69) is 0 Å². The van der Waals surface area contributed by atoms with Crippen molar-refractivity contribution in [1.29, 1.82) is 0 Å². The van der Waals surface area contributed by atoms with E-state index in [1.54, 1.807) is 12.1 Å². The summed E-state index contributed by atoms with van der Waals surface area (Å²) in [6.45, 7) is 3.31. The zero-order valence-corrected chi connectivity index (χ0v) is 13.7. The van der Waals surface area contributed by atoms with Crippen LogP contribution in [0.15, 0.2) is 27.4 Å². The Morgan fingerprint density at radius 2 is 2.00 bits per heavy atom. The van der Waals surface area contributed by atoms with Crippen LogP contribution in [0.4, 0.5) is 0 Å². The number of likely N-dealkylation sites (tertiary alicyclic amines) is 1. The lowest BCUT2D eigenvalue weighted by atomic mass is 10.1. The summed E-state index contributed by atoms with van der Waals surface area (Å²) in [5.74, 6) is 0.296. The summed E-state index contributed by atoms with van der Waals surface area (Å²) in [6.07, 6.45) is 3.24. The molecule has 0 bridgehead atoms. The van der Waals surface area contributed by atoms with E-state index in [1.807, 2.05) is 11.8 Å². The van der Waals surface area contributed by atoms with E-state index in [0.717, 1.165) is 36.9 Å². The molecule has 1 aliphatic heterocycles. The van der Waals surface area contributed by atoms with Crippen LogP contribution in [0.5, 0.6) is 5.75 Å². The van der Waals surface area contributed by atoms with Gasteiger partial charge in [-0.05, 0) is 37.8 Å². The van der Waals surface area contributed by atoms with Gasteiger partial charge in [0.2, 0.25) is 0 Å². The lowest BCUT2D eigenvalue weighted by molar-refractivity contribution is -0.134. The van der Waals surface area contributed by atoms with Crippen molar-refractivity contribution in [1.82, 2.24) is 4.90 Å². The summed E-state index contributed by atoms with van der Waals surface area (Å²) >= 11 is 6.21. The fourth-order valence-corrected chi connectivity index (χ4v) is 3.02. The van der Waals surface area contributed by atoms with Gasteiger partial charge in [-0.3, -0.25) is 4.79 Å². The Hall–Kier alpha value is -2.01. The molecule has 1 aliphatic rings. The van der Waals surface area contributed by atoms with Crippen molar-refractivity contribution in [2.75, 3.05) is 19.7 Å². The maximum absolute atomic E-state index is 12.1. The molecule has 2 heterocycles. The number of carbonyl (C=O) groups is 1. The van der Waals surface area contributed by atoms with Crippen molar-refractivity contribution >= 4 is 28.5 Å². The molecule has 0 unspecified atom stereocenters. The van der Waals surface area contributed by atoms with Gasteiger partial charge in [-0.2, -0.15) is 0 Å².